The second-order valence-corrected chi connectivity index (χ2v) is 10.4. The number of carbonyl (C=O) groups is 1. The lowest BCUT2D eigenvalue weighted by molar-refractivity contribution is -0.219. The Hall–Kier alpha value is -3.62. The Morgan fingerprint density at radius 1 is 1.03 bits per heavy atom. The Labute approximate surface area is 228 Å². The number of hydrogen-bond donors (Lipinski definition) is 2. The van der Waals surface area contributed by atoms with Crippen molar-refractivity contribution in [3.05, 3.63) is 59.9 Å². The van der Waals surface area contributed by atoms with Gasteiger partial charge in [0.15, 0.2) is 0 Å². The summed E-state index contributed by atoms with van der Waals surface area (Å²) in [6.07, 6.45) is -2.99. The molecule has 0 saturated carbocycles. The highest BCUT2D eigenvalue weighted by atomic mass is 35.5. The number of aromatic nitrogens is 2. The number of anilines is 4. The second kappa shape index (κ2) is 12.5. The lowest BCUT2D eigenvalue weighted by Crippen LogP contribution is -2.36. The summed E-state index contributed by atoms with van der Waals surface area (Å²) in [7, 11) is -4.00. The summed E-state index contributed by atoms with van der Waals surface area (Å²) in [5, 5.41) is 6.61. The monoisotopic (exact) mass is 587 g/mol. The standard InChI is InChI=1S/C24H25ClF3N5O5S/c1-4-17(5-2)37-20-11-10-18(39(35,36)33(3)38-23(34)24(26,27)28)12-19(20)32-22-13-21(29-14-30-22)31-16-8-6-15(25)7-9-16/h6-14,17H,4-5H2,1-3H3,(H2,29,30,31,32). The van der Waals surface area contributed by atoms with Crippen molar-refractivity contribution in [3.8, 4) is 5.75 Å². The zero-order valence-electron chi connectivity index (χ0n) is 21.0. The molecular weight excluding hydrogens is 563 g/mol. The molecule has 2 aromatic carbocycles. The summed E-state index contributed by atoms with van der Waals surface area (Å²) in [4.78, 5) is 23.0. The van der Waals surface area contributed by atoms with Crippen molar-refractivity contribution in [1.29, 1.82) is 0 Å². The number of nitrogens with zero attached hydrogens (tertiary/aromatic N) is 3. The van der Waals surface area contributed by atoms with Crippen molar-refractivity contribution in [2.45, 2.75) is 43.9 Å². The van der Waals surface area contributed by atoms with Gasteiger partial charge in [-0.05, 0) is 59.8 Å². The maximum Gasteiger partial charge on any atom is 0.492 e. The zero-order valence-corrected chi connectivity index (χ0v) is 22.6. The van der Waals surface area contributed by atoms with Crippen molar-refractivity contribution in [1.82, 2.24) is 14.4 Å². The van der Waals surface area contributed by atoms with E-state index in [-0.39, 0.29) is 27.8 Å². The number of nitrogens with one attached hydrogen (secondary N) is 2. The number of sulfonamides is 1. The molecule has 10 nitrogen and oxygen atoms in total. The maximum atomic E-state index is 12.9. The van der Waals surface area contributed by atoms with Gasteiger partial charge in [0.25, 0.3) is 10.0 Å². The van der Waals surface area contributed by atoms with Crippen LogP contribution in [0.1, 0.15) is 26.7 Å². The van der Waals surface area contributed by atoms with Crippen molar-refractivity contribution >= 4 is 50.6 Å². The molecule has 0 unspecified atom stereocenters. The van der Waals surface area contributed by atoms with Gasteiger partial charge in [-0.1, -0.05) is 25.4 Å². The van der Waals surface area contributed by atoms with Crippen molar-refractivity contribution in [3.63, 3.8) is 0 Å². The van der Waals surface area contributed by atoms with Crippen LogP contribution in [0.25, 0.3) is 0 Å². The average Bonchev–Trinajstić information content (AvgIpc) is 2.88. The number of halogens is 4. The van der Waals surface area contributed by atoms with Gasteiger partial charge in [0.2, 0.25) is 0 Å². The normalized spacial score (nSPS) is 11.9. The van der Waals surface area contributed by atoms with Crippen LogP contribution < -0.4 is 15.4 Å². The van der Waals surface area contributed by atoms with Gasteiger partial charge in [0.05, 0.1) is 16.7 Å². The SMILES string of the molecule is CCC(CC)Oc1ccc(S(=O)(=O)N(C)OC(=O)C(F)(F)F)cc1Nc1cc(Nc2ccc(Cl)cc2)ncn1. The molecule has 1 aromatic heterocycles. The molecule has 3 rings (SSSR count). The molecule has 39 heavy (non-hydrogen) atoms. The first-order valence-corrected chi connectivity index (χ1v) is 13.4. The van der Waals surface area contributed by atoms with Crippen LogP contribution in [0, 0.1) is 0 Å². The largest absolute Gasteiger partial charge is 0.492 e. The number of benzene rings is 2. The van der Waals surface area contributed by atoms with Crippen LogP contribution in [0.5, 0.6) is 5.75 Å². The first-order valence-electron chi connectivity index (χ1n) is 11.5. The molecule has 0 spiro atoms. The van der Waals surface area contributed by atoms with E-state index in [1.807, 2.05) is 13.8 Å². The number of hydrogen-bond acceptors (Lipinski definition) is 9. The van der Waals surface area contributed by atoms with Crippen molar-refractivity contribution < 1.29 is 36.0 Å². The van der Waals surface area contributed by atoms with E-state index in [1.165, 1.54) is 12.4 Å². The van der Waals surface area contributed by atoms with Gasteiger partial charge in [-0.2, -0.15) is 13.2 Å². The lowest BCUT2D eigenvalue weighted by atomic mass is 10.2. The Balaban J connectivity index is 1.94. The van der Waals surface area contributed by atoms with Crippen LogP contribution in [-0.2, 0) is 19.7 Å². The summed E-state index contributed by atoms with van der Waals surface area (Å²) in [6, 6.07) is 12.0. The van der Waals surface area contributed by atoms with Gasteiger partial charge >= 0.3 is 12.1 Å². The van der Waals surface area contributed by atoms with E-state index < -0.39 is 27.1 Å². The minimum absolute atomic E-state index is 0.148. The second-order valence-electron chi connectivity index (χ2n) is 8.05. The fourth-order valence-electron chi connectivity index (χ4n) is 3.18. The molecule has 0 aliphatic rings. The number of ether oxygens (including phenoxy) is 1. The Kier molecular flexibility index (Phi) is 9.59. The summed E-state index contributed by atoms with van der Waals surface area (Å²) in [5.41, 5.74) is 0.848. The summed E-state index contributed by atoms with van der Waals surface area (Å²) >= 11 is 5.92. The molecule has 0 saturated heterocycles. The highest BCUT2D eigenvalue weighted by Crippen LogP contribution is 2.33. The van der Waals surface area contributed by atoms with Gasteiger partial charge in [0, 0.05) is 23.8 Å². The number of carbonyl (C=O) groups excluding carboxylic acids is 1. The highest BCUT2D eigenvalue weighted by molar-refractivity contribution is 7.89. The Bertz CT molecular complexity index is 1400. The number of hydroxylamine groups is 1. The van der Waals surface area contributed by atoms with E-state index in [4.69, 9.17) is 16.3 Å². The molecule has 3 aromatic rings. The quantitative estimate of drug-likeness (QED) is 0.267. The molecular formula is C24H25ClF3N5O5S. The molecule has 0 radical (unpaired) electrons. The number of alkyl halides is 3. The van der Waals surface area contributed by atoms with E-state index in [2.05, 4.69) is 25.4 Å². The van der Waals surface area contributed by atoms with E-state index in [0.29, 0.717) is 36.4 Å². The predicted molar refractivity (Wildman–Crippen MR) is 139 cm³/mol. The molecule has 0 aliphatic heterocycles. The minimum atomic E-state index is -5.38. The van der Waals surface area contributed by atoms with Gasteiger partial charge in [-0.25, -0.2) is 23.2 Å². The zero-order chi connectivity index (χ0) is 28.8. The maximum absolute atomic E-state index is 12.9. The van der Waals surface area contributed by atoms with Crippen LogP contribution >= 0.6 is 11.6 Å². The van der Waals surface area contributed by atoms with Crippen LogP contribution in [0.3, 0.4) is 0 Å². The molecule has 15 heteroatoms. The van der Waals surface area contributed by atoms with E-state index in [9.17, 15) is 26.4 Å². The molecule has 2 N–H and O–H groups in total. The molecule has 0 fully saturated rings. The predicted octanol–water partition coefficient (Wildman–Crippen LogP) is 5.83. The first-order chi connectivity index (χ1) is 18.3. The van der Waals surface area contributed by atoms with E-state index in [1.54, 1.807) is 30.3 Å². The number of rotatable bonds is 11. The lowest BCUT2D eigenvalue weighted by Gasteiger charge is -2.21. The summed E-state index contributed by atoms with van der Waals surface area (Å²) in [6.45, 7) is 3.84. The van der Waals surface area contributed by atoms with Crippen LogP contribution in [-0.4, -0.2) is 48.2 Å². The average molecular weight is 588 g/mol. The first kappa shape index (κ1) is 29.9. The third kappa shape index (κ3) is 7.94. The fourth-order valence-corrected chi connectivity index (χ4v) is 4.28. The minimum Gasteiger partial charge on any atom is -0.488 e. The smallest absolute Gasteiger partial charge is 0.488 e. The van der Waals surface area contributed by atoms with E-state index >= 15 is 0 Å². The van der Waals surface area contributed by atoms with Crippen LogP contribution in [0.2, 0.25) is 5.02 Å². The highest BCUT2D eigenvalue weighted by Gasteiger charge is 2.43. The van der Waals surface area contributed by atoms with Crippen LogP contribution in [0.15, 0.2) is 59.8 Å². The Morgan fingerprint density at radius 3 is 2.23 bits per heavy atom. The molecule has 0 bridgehead atoms. The summed E-state index contributed by atoms with van der Waals surface area (Å²) in [5.74, 6) is -1.76. The van der Waals surface area contributed by atoms with Gasteiger partial charge in [0.1, 0.15) is 23.7 Å². The summed E-state index contributed by atoms with van der Waals surface area (Å²) < 4.78 is 69.4. The van der Waals surface area contributed by atoms with Gasteiger partial charge in [-0.3, -0.25) is 0 Å². The molecule has 1 heterocycles. The Morgan fingerprint density at radius 2 is 1.64 bits per heavy atom. The molecule has 0 aliphatic carbocycles. The topological polar surface area (TPSA) is 123 Å². The fraction of sp³-hybridized carbons (Fsp3) is 0.292. The van der Waals surface area contributed by atoms with Gasteiger partial charge in [-0.15, -0.1) is 0 Å². The van der Waals surface area contributed by atoms with Crippen molar-refractivity contribution in [2.24, 2.45) is 0 Å². The molecule has 210 valence electrons. The third-order valence-corrected chi connectivity index (χ3v) is 7.13. The molecule has 0 amide bonds. The van der Waals surface area contributed by atoms with Crippen molar-refractivity contribution in [2.75, 3.05) is 17.7 Å². The van der Waals surface area contributed by atoms with Crippen LogP contribution in [0.4, 0.5) is 36.2 Å². The molecule has 0 atom stereocenters. The third-order valence-electron chi connectivity index (χ3n) is 5.28. The van der Waals surface area contributed by atoms with E-state index in [0.717, 1.165) is 12.1 Å². The van der Waals surface area contributed by atoms with Gasteiger partial charge < -0.3 is 20.2 Å².